The standard InChI is InChI=1S/C8H9Br2F3N2S/c9-4-1-6(16-7(4)10)5(2-14)15-3-8(11,12)13/h1,5,15H,2-3,14H2. The number of halogens is 5. The summed E-state index contributed by atoms with van der Waals surface area (Å²) in [4.78, 5) is 0.769. The highest BCUT2D eigenvalue weighted by Gasteiger charge is 2.28. The lowest BCUT2D eigenvalue weighted by atomic mass is 10.2. The second-order valence-electron chi connectivity index (χ2n) is 3.05. The average molecular weight is 382 g/mol. The maximum atomic E-state index is 12.0. The number of thiophene rings is 1. The molecule has 0 spiro atoms. The highest BCUT2D eigenvalue weighted by molar-refractivity contribution is 9.13. The minimum atomic E-state index is -4.22. The maximum Gasteiger partial charge on any atom is 0.401 e. The van der Waals surface area contributed by atoms with Crippen molar-refractivity contribution >= 4 is 43.2 Å². The molecule has 1 unspecified atom stereocenters. The molecule has 0 saturated heterocycles. The van der Waals surface area contributed by atoms with E-state index in [2.05, 4.69) is 37.2 Å². The molecule has 3 N–H and O–H groups in total. The highest BCUT2D eigenvalue weighted by atomic mass is 79.9. The van der Waals surface area contributed by atoms with Gasteiger partial charge in [-0.05, 0) is 37.9 Å². The number of nitrogens with one attached hydrogen (secondary N) is 1. The summed E-state index contributed by atoms with van der Waals surface area (Å²) >= 11 is 7.92. The zero-order valence-corrected chi connectivity index (χ0v) is 11.9. The first-order valence-corrected chi connectivity index (χ1v) is 6.68. The van der Waals surface area contributed by atoms with Gasteiger partial charge in [0.2, 0.25) is 0 Å². The Labute approximate surface area is 112 Å². The molecule has 0 aromatic carbocycles. The molecule has 92 valence electrons. The van der Waals surface area contributed by atoms with Crippen molar-refractivity contribution < 1.29 is 13.2 Å². The Balaban J connectivity index is 2.68. The fourth-order valence-corrected chi connectivity index (χ4v) is 3.25. The Morgan fingerprint density at radius 2 is 2.06 bits per heavy atom. The molecule has 2 nitrogen and oxygen atoms in total. The zero-order valence-electron chi connectivity index (χ0n) is 7.94. The third-order valence-electron chi connectivity index (χ3n) is 1.79. The van der Waals surface area contributed by atoms with Crippen LogP contribution in [0.1, 0.15) is 10.9 Å². The van der Waals surface area contributed by atoms with E-state index in [9.17, 15) is 13.2 Å². The van der Waals surface area contributed by atoms with Crippen molar-refractivity contribution in [2.45, 2.75) is 12.2 Å². The molecule has 0 radical (unpaired) electrons. The molecular formula is C8H9Br2F3N2S. The first kappa shape index (κ1) is 14.4. The number of hydrogen-bond donors (Lipinski definition) is 2. The third-order valence-corrected chi connectivity index (χ3v) is 5.16. The van der Waals surface area contributed by atoms with Crippen molar-refractivity contribution in [1.82, 2.24) is 5.32 Å². The van der Waals surface area contributed by atoms with E-state index in [1.54, 1.807) is 6.07 Å². The Morgan fingerprint density at radius 1 is 1.44 bits per heavy atom. The minimum Gasteiger partial charge on any atom is -0.329 e. The van der Waals surface area contributed by atoms with Crippen LogP contribution < -0.4 is 11.1 Å². The van der Waals surface area contributed by atoms with Crippen molar-refractivity contribution in [1.29, 1.82) is 0 Å². The molecule has 0 aliphatic heterocycles. The highest BCUT2D eigenvalue weighted by Crippen LogP contribution is 2.35. The predicted octanol–water partition coefficient (Wildman–Crippen LogP) is 3.42. The van der Waals surface area contributed by atoms with Gasteiger partial charge in [-0.25, -0.2) is 0 Å². The molecule has 0 aliphatic carbocycles. The number of rotatable bonds is 4. The van der Waals surface area contributed by atoms with Crippen molar-refractivity contribution in [3.05, 3.63) is 19.2 Å². The molecule has 16 heavy (non-hydrogen) atoms. The second-order valence-corrected chi connectivity index (χ2v) is 6.31. The van der Waals surface area contributed by atoms with Crippen LogP contribution in [0.4, 0.5) is 13.2 Å². The fraction of sp³-hybridized carbons (Fsp3) is 0.500. The lowest BCUT2D eigenvalue weighted by Gasteiger charge is -2.16. The minimum absolute atomic E-state index is 0.121. The molecule has 0 saturated carbocycles. The van der Waals surface area contributed by atoms with Gasteiger partial charge in [0.15, 0.2) is 0 Å². The van der Waals surface area contributed by atoms with Gasteiger partial charge in [-0.15, -0.1) is 11.3 Å². The monoisotopic (exact) mass is 380 g/mol. The molecule has 0 bridgehead atoms. The summed E-state index contributed by atoms with van der Waals surface area (Å²) in [7, 11) is 0. The molecule has 1 rings (SSSR count). The molecule has 1 atom stereocenters. The van der Waals surface area contributed by atoms with Crippen molar-refractivity contribution in [3.63, 3.8) is 0 Å². The van der Waals surface area contributed by atoms with E-state index in [0.717, 1.165) is 13.1 Å². The molecule has 1 aromatic rings. The van der Waals surface area contributed by atoms with Gasteiger partial charge in [0, 0.05) is 15.9 Å². The van der Waals surface area contributed by atoms with Gasteiger partial charge in [-0.3, -0.25) is 5.32 Å². The topological polar surface area (TPSA) is 38.0 Å². The van der Waals surface area contributed by atoms with Gasteiger partial charge < -0.3 is 5.73 Å². The first-order valence-electron chi connectivity index (χ1n) is 4.28. The van der Waals surface area contributed by atoms with Gasteiger partial charge in [-0.2, -0.15) is 13.2 Å². The van der Waals surface area contributed by atoms with E-state index in [1.165, 1.54) is 11.3 Å². The van der Waals surface area contributed by atoms with Crippen LogP contribution in [-0.4, -0.2) is 19.3 Å². The summed E-state index contributed by atoms with van der Waals surface area (Å²) in [6.45, 7) is -0.919. The summed E-state index contributed by atoms with van der Waals surface area (Å²) in [6, 6.07) is 1.28. The van der Waals surface area contributed by atoms with Gasteiger partial charge in [0.1, 0.15) is 0 Å². The van der Waals surface area contributed by atoms with Crippen LogP contribution >= 0.6 is 43.2 Å². The summed E-state index contributed by atoms with van der Waals surface area (Å²) in [5.74, 6) is 0. The van der Waals surface area contributed by atoms with E-state index in [0.29, 0.717) is 0 Å². The van der Waals surface area contributed by atoms with E-state index < -0.39 is 18.8 Å². The normalized spacial score (nSPS) is 14.1. The predicted molar refractivity (Wildman–Crippen MR) is 65.6 cm³/mol. The summed E-state index contributed by atoms with van der Waals surface area (Å²) < 4.78 is 37.8. The Bertz CT molecular complexity index is 334. The largest absolute Gasteiger partial charge is 0.401 e. The molecule has 8 heteroatoms. The first-order chi connectivity index (χ1) is 7.33. The van der Waals surface area contributed by atoms with Crippen LogP contribution in [0, 0.1) is 0 Å². The number of nitrogens with two attached hydrogens (primary N) is 1. The van der Waals surface area contributed by atoms with Crippen molar-refractivity contribution in [2.24, 2.45) is 5.73 Å². The average Bonchev–Trinajstić information content (AvgIpc) is 2.46. The summed E-state index contributed by atoms with van der Waals surface area (Å²) in [5.41, 5.74) is 5.44. The fourth-order valence-electron chi connectivity index (χ4n) is 1.07. The number of hydrogen-bond acceptors (Lipinski definition) is 3. The van der Waals surface area contributed by atoms with E-state index in [1.807, 2.05) is 0 Å². The van der Waals surface area contributed by atoms with Crippen LogP contribution in [0.25, 0.3) is 0 Å². The molecule has 0 fully saturated rings. The Hall–Kier alpha value is 0.370. The van der Waals surface area contributed by atoms with E-state index in [-0.39, 0.29) is 6.54 Å². The Kier molecular flexibility index (Phi) is 5.24. The Morgan fingerprint density at radius 3 is 2.44 bits per heavy atom. The van der Waals surface area contributed by atoms with E-state index >= 15 is 0 Å². The van der Waals surface area contributed by atoms with Gasteiger partial charge in [-0.1, -0.05) is 0 Å². The maximum absolute atomic E-state index is 12.0. The van der Waals surface area contributed by atoms with Gasteiger partial charge in [0.05, 0.1) is 16.4 Å². The van der Waals surface area contributed by atoms with Crippen LogP contribution in [0.2, 0.25) is 0 Å². The lowest BCUT2D eigenvalue weighted by Crippen LogP contribution is -2.35. The van der Waals surface area contributed by atoms with Gasteiger partial charge in [0.25, 0.3) is 0 Å². The molecule has 0 aliphatic rings. The molecule has 1 aromatic heterocycles. The summed E-state index contributed by atoms with van der Waals surface area (Å²) in [6.07, 6.45) is -4.22. The number of alkyl halides is 3. The second kappa shape index (κ2) is 5.81. The third kappa shape index (κ3) is 4.33. The smallest absolute Gasteiger partial charge is 0.329 e. The van der Waals surface area contributed by atoms with E-state index in [4.69, 9.17) is 5.73 Å². The van der Waals surface area contributed by atoms with Crippen molar-refractivity contribution in [2.75, 3.05) is 13.1 Å². The van der Waals surface area contributed by atoms with Crippen LogP contribution in [0.15, 0.2) is 14.3 Å². The SMILES string of the molecule is NCC(NCC(F)(F)F)c1cc(Br)c(Br)s1. The molecule has 1 heterocycles. The lowest BCUT2D eigenvalue weighted by molar-refractivity contribution is -0.126. The van der Waals surface area contributed by atoms with Crippen LogP contribution in [0.5, 0.6) is 0 Å². The molecular weight excluding hydrogens is 373 g/mol. The van der Waals surface area contributed by atoms with Crippen LogP contribution in [0.3, 0.4) is 0 Å². The zero-order chi connectivity index (χ0) is 12.3. The summed E-state index contributed by atoms with van der Waals surface area (Å²) in [5, 5.41) is 2.38. The quantitative estimate of drug-likeness (QED) is 0.838. The molecule has 0 amide bonds. The van der Waals surface area contributed by atoms with Crippen molar-refractivity contribution in [3.8, 4) is 0 Å². The van der Waals surface area contributed by atoms with Crippen LogP contribution in [-0.2, 0) is 0 Å². The van der Waals surface area contributed by atoms with Gasteiger partial charge >= 0.3 is 6.18 Å².